The Morgan fingerprint density at radius 3 is 2.68 bits per heavy atom. The Hall–Kier alpha value is -2.40. The Kier molecular flexibility index (Phi) is 4.34. The average Bonchev–Trinajstić information content (AvgIpc) is 3.16. The molecule has 0 aliphatic carbocycles. The lowest BCUT2D eigenvalue weighted by Gasteiger charge is -2.07. The van der Waals surface area contributed by atoms with E-state index >= 15 is 0 Å². The second-order valence-corrected chi connectivity index (χ2v) is 6.34. The number of thiophene rings is 1. The van der Waals surface area contributed by atoms with Gasteiger partial charge in [0.05, 0.1) is 12.4 Å². The fourth-order valence-corrected chi connectivity index (χ4v) is 3.08. The van der Waals surface area contributed by atoms with Crippen molar-refractivity contribution in [2.24, 2.45) is 0 Å². The van der Waals surface area contributed by atoms with Crippen molar-refractivity contribution < 1.29 is 0 Å². The lowest BCUT2D eigenvalue weighted by Crippen LogP contribution is -2.15. The summed E-state index contributed by atoms with van der Waals surface area (Å²) in [5, 5.41) is 3.16. The standard InChI is InChI=1S/C10H9NS.C7H9N3/c1-8-4-5-10(12-8)9-3-2-6-11-7-9;1-10-5-9-7-6(10)3-2-4-8-7/h2-7H,1H3;2-4H,5H2,1H3,(H,8,9). The highest BCUT2D eigenvalue weighted by Crippen LogP contribution is 2.26. The summed E-state index contributed by atoms with van der Waals surface area (Å²) in [7, 11) is 2.04. The third kappa shape index (κ3) is 3.26. The predicted molar refractivity (Wildman–Crippen MR) is 93.4 cm³/mol. The summed E-state index contributed by atoms with van der Waals surface area (Å²) in [6.07, 6.45) is 5.49. The maximum Gasteiger partial charge on any atom is 0.150 e. The van der Waals surface area contributed by atoms with Crippen LogP contribution < -0.4 is 10.2 Å². The molecule has 5 heteroatoms. The first-order valence-electron chi connectivity index (χ1n) is 7.11. The zero-order valence-corrected chi connectivity index (χ0v) is 13.5. The Bertz CT molecular complexity index is 739. The van der Waals surface area contributed by atoms with Gasteiger partial charge in [0.1, 0.15) is 0 Å². The number of nitrogens with zero attached hydrogens (tertiary/aromatic N) is 3. The molecule has 0 saturated heterocycles. The maximum atomic E-state index is 4.16. The number of aryl methyl sites for hydroxylation is 1. The van der Waals surface area contributed by atoms with Gasteiger partial charge in [-0.1, -0.05) is 6.07 Å². The molecule has 3 aromatic heterocycles. The van der Waals surface area contributed by atoms with Crippen LogP contribution in [0.15, 0.2) is 55.0 Å². The van der Waals surface area contributed by atoms with Gasteiger partial charge in [-0.15, -0.1) is 11.3 Å². The second-order valence-electron chi connectivity index (χ2n) is 5.06. The highest BCUT2D eigenvalue weighted by Gasteiger charge is 2.13. The fourth-order valence-electron chi connectivity index (χ4n) is 2.22. The van der Waals surface area contributed by atoms with E-state index in [2.05, 4.69) is 51.4 Å². The Morgan fingerprint density at radius 1 is 1.14 bits per heavy atom. The van der Waals surface area contributed by atoms with Gasteiger partial charge in [-0.05, 0) is 37.3 Å². The maximum absolute atomic E-state index is 4.16. The molecule has 22 heavy (non-hydrogen) atoms. The minimum atomic E-state index is 0.867. The molecule has 0 spiro atoms. The fraction of sp³-hybridized carbons (Fsp3) is 0.176. The quantitative estimate of drug-likeness (QED) is 0.737. The van der Waals surface area contributed by atoms with E-state index in [-0.39, 0.29) is 0 Å². The second kappa shape index (κ2) is 6.58. The molecule has 0 bridgehead atoms. The number of rotatable bonds is 1. The van der Waals surface area contributed by atoms with Crippen LogP contribution in [-0.2, 0) is 0 Å². The van der Waals surface area contributed by atoms with Crippen molar-refractivity contribution in [3.63, 3.8) is 0 Å². The molecule has 0 unspecified atom stereocenters. The van der Waals surface area contributed by atoms with Crippen LogP contribution in [0.25, 0.3) is 10.4 Å². The van der Waals surface area contributed by atoms with E-state index in [0.29, 0.717) is 0 Å². The minimum absolute atomic E-state index is 0.867. The van der Waals surface area contributed by atoms with Crippen LogP contribution in [-0.4, -0.2) is 23.7 Å². The molecule has 0 fully saturated rings. The summed E-state index contributed by atoms with van der Waals surface area (Å²) >= 11 is 1.80. The van der Waals surface area contributed by atoms with E-state index < -0.39 is 0 Å². The van der Waals surface area contributed by atoms with Crippen LogP contribution in [0.2, 0.25) is 0 Å². The summed E-state index contributed by atoms with van der Waals surface area (Å²) in [5.74, 6) is 0.991. The zero-order chi connectivity index (χ0) is 15.4. The topological polar surface area (TPSA) is 41.0 Å². The first kappa shape index (κ1) is 14.5. The molecule has 0 radical (unpaired) electrons. The summed E-state index contributed by atoms with van der Waals surface area (Å²) < 4.78 is 0. The van der Waals surface area contributed by atoms with E-state index in [1.54, 1.807) is 23.7 Å². The Balaban J connectivity index is 0.000000133. The van der Waals surface area contributed by atoms with Crippen molar-refractivity contribution in [2.45, 2.75) is 6.92 Å². The van der Waals surface area contributed by atoms with Crippen molar-refractivity contribution >= 4 is 22.8 Å². The summed E-state index contributed by atoms with van der Waals surface area (Å²) in [4.78, 5) is 13.0. The van der Waals surface area contributed by atoms with Gasteiger partial charge in [0.15, 0.2) is 5.82 Å². The molecule has 1 aliphatic heterocycles. The first-order valence-corrected chi connectivity index (χ1v) is 7.92. The van der Waals surface area contributed by atoms with Crippen molar-refractivity contribution in [3.05, 3.63) is 59.9 Å². The van der Waals surface area contributed by atoms with Crippen LogP contribution in [0.5, 0.6) is 0 Å². The third-order valence-electron chi connectivity index (χ3n) is 3.37. The van der Waals surface area contributed by atoms with E-state index in [1.807, 2.05) is 25.4 Å². The Labute approximate surface area is 134 Å². The summed E-state index contributed by atoms with van der Waals surface area (Å²) in [6.45, 7) is 2.98. The summed E-state index contributed by atoms with van der Waals surface area (Å²) in [6, 6.07) is 12.3. The molecule has 0 aromatic carbocycles. The number of anilines is 2. The lowest BCUT2D eigenvalue weighted by atomic mass is 10.2. The largest absolute Gasteiger partial charge is 0.354 e. The molecule has 1 aliphatic rings. The van der Waals surface area contributed by atoms with E-state index in [1.165, 1.54) is 21.0 Å². The minimum Gasteiger partial charge on any atom is -0.354 e. The number of hydrogen-bond acceptors (Lipinski definition) is 5. The van der Waals surface area contributed by atoms with Crippen LogP contribution >= 0.6 is 11.3 Å². The van der Waals surface area contributed by atoms with Crippen LogP contribution in [0, 0.1) is 6.92 Å². The average molecular weight is 310 g/mol. The normalized spacial score (nSPS) is 12.2. The van der Waals surface area contributed by atoms with E-state index in [9.17, 15) is 0 Å². The number of aromatic nitrogens is 2. The summed E-state index contributed by atoms with van der Waals surface area (Å²) in [5.41, 5.74) is 2.39. The molecule has 4 nitrogen and oxygen atoms in total. The van der Waals surface area contributed by atoms with Crippen molar-refractivity contribution in [1.82, 2.24) is 9.97 Å². The van der Waals surface area contributed by atoms with Gasteiger partial charge < -0.3 is 10.2 Å². The van der Waals surface area contributed by atoms with Gasteiger partial charge in [-0.3, -0.25) is 4.98 Å². The third-order valence-corrected chi connectivity index (χ3v) is 4.42. The van der Waals surface area contributed by atoms with Crippen molar-refractivity contribution in [3.8, 4) is 10.4 Å². The van der Waals surface area contributed by atoms with E-state index in [4.69, 9.17) is 0 Å². The molecular weight excluding hydrogens is 292 g/mol. The van der Waals surface area contributed by atoms with Gasteiger partial charge in [0, 0.05) is 41.0 Å². The van der Waals surface area contributed by atoms with Gasteiger partial charge in [0.25, 0.3) is 0 Å². The molecule has 3 aromatic rings. The van der Waals surface area contributed by atoms with Crippen LogP contribution in [0.4, 0.5) is 11.5 Å². The van der Waals surface area contributed by atoms with Gasteiger partial charge in [0.2, 0.25) is 0 Å². The molecule has 0 amide bonds. The van der Waals surface area contributed by atoms with Gasteiger partial charge >= 0.3 is 0 Å². The molecule has 4 heterocycles. The number of hydrogen-bond donors (Lipinski definition) is 1. The highest BCUT2D eigenvalue weighted by molar-refractivity contribution is 7.15. The van der Waals surface area contributed by atoms with Crippen molar-refractivity contribution in [1.29, 1.82) is 0 Å². The smallest absolute Gasteiger partial charge is 0.150 e. The molecule has 112 valence electrons. The molecule has 0 atom stereocenters. The van der Waals surface area contributed by atoms with Gasteiger partial charge in [-0.25, -0.2) is 4.98 Å². The number of fused-ring (bicyclic) bond motifs is 1. The molecule has 4 rings (SSSR count). The van der Waals surface area contributed by atoms with Gasteiger partial charge in [-0.2, -0.15) is 0 Å². The highest BCUT2D eigenvalue weighted by atomic mass is 32.1. The SMILES string of the molecule is CN1CNc2ncccc21.Cc1ccc(-c2cccnc2)s1. The Morgan fingerprint density at radius 2 is 2.00 bits per heavy atom. The van der Waals surface area contributed by atoms with E-state index in [0.717, 1.165) is 12.5 Å². The number of pyridine rings is 2. The van der Waals surface area contributed by atoms with Crippen LogP contribution in [0.3, 0.4) is 0 Å². The van der Waals surface area contributed by atoms with Crippen LogP contribution in [0.1, 0.15) is 4.88 Å². The monoisotopic (exact) mass is 310 g/mol. The molecule has 1 N–H and O–H groups in total. The molecular formula is C17H18N4S. The lowest BCUT2D eigenvalue weighted by molar-refractivity contribution is 1.03. The first-order chi connectivity index (χ1) is 10.7. The number of nitrogens with one attached hydrogen (secondary N) is 1. The predicted octanol–water partition coefficient (Wildman–Crippen LogP) is 4.02. The molecule has 0 saturated carbocycles. The van der Waals surface area contributed by atoms with Crippen molar-refractivity contribution in [2.75, 3.05) is 23.9 Å². The zero-order valence-electron chi connectivity index (χ0n) is 12.7.